The number of carbonyl (C=O) groups excluding carboxylic acids is 1. The molecule has 2 N–H and O–H groups in total. The molecule has 1 aliphatic rings. The molecule has 100 valence electrons. The van der Waals surface area contributed by atoms with Gasteiger partial charge in [-0.3, -0.25) is 4.79 Å². The Kier molecular flexibility index (Phi) is 4.95. The molecule has 0 aromatic carbocycles. The van der Waals surface area contributed by atoms with E-state index in [1.54, 1.807) is 0 Å². The number of carbonyl (C=O) groups is 1. The Morgan fingerprint density at radius 2 is 2.00 bits per heavy atom. The molecule has 0 aliphatic carbocycles. The maximum atomic E-state index is 12.4. The zero-order chi connectivity index (χ0) is 13.1. The number of hydrogen-bond donors (Lipinski definition) is 1. The molecule has 0 aromatic heterocycles. The van der Waals surface area contributed by atoms with Crippen molar-refractivity contribution in [1.82, 2.24) is 9.80 Å². The van der Waals surface area contributed by atoms with Crippen LogP contribution in [-0.2, 0) is 4.79 Å². The second-order valence-corrected chi connectivity index (χ2v) is 5.37. The Labute approximate surface area is 105 Å². The van der Waals surface area contributed by atoms with E-state index in [1.807, 2.05) is 18.7 Å². The zero-order valence-corrected chi connectivity index (χ0v) is 11.7. The van der Waals surface area contributed by atoms with Gasteiger partial charge in [0.1, 0.15) is 0 Å². The molecule has 0 bridgehead atoms. The molecular weight excluding hydrogens is 214 g/mol. The third kappa shape index (κ3) is 3.19. The van der Waals surface area contributed by atoms with Crippen molar-refractivity contribution in [3.05, 3.63) is 0 Å². The lowest BCUT2D eigenvalue weighted by Crippen LogP contribution is -2.58. The first-order valence-corrected chi connectivity index (χ1v) is 6.69. The summed E-state index contributed by atoms with van der Waals surface area (Å²) < 4.78 is 0. The molecule has 0 aromatic rings. The molecule has 1 aliphatic heterocycles. The summed E-state index contributed by atoms with van der Waals surface area (Å²) in [5.41, 5.74) is 5.53. The molecule has 4 nitrogen and oxygen atoms in total. The number of hydrogen-bond acceptors (Lipinski definition) is 3. The maximum absolute atomic E-state index is 12.4. The maximum Gasteiger partial charge on any atom is 0.242 e. The predicted molar refractivity (Wildman–Crippen MR) is 70.8 cm³/mol. The highest BCUT2D eigenvalue weighted by molar-refractivity contribution is 5.86. The summed E-state index contributed by atoms with van der Waals surface area (Å²) in [7, 11) is 4.15. The van der Waals surface area contributed by atoms with E-state index in [-0.39, 0.29) is 5.91 Å². The average Bonchev–Trinajstić information content (AvgIpc) is 2.37. The van der Waals surface area contributed by atoms with Crippen LogP contribution >= 0.6 is 0 Å². The van der Waals surface area contributed by atoms with Crippen LogP contribution < -0.4 is 5.73 Å². The molecular formula is C13H27N3O. The first-order valence-electron chi connectivity index (χ1n) is 6.69. The summed E-state index contributed by atoms with van der Waals surface area (Å²) in [6, 6.07) is 0.477. The normalized spacial score (nSPS) is 22.0. The third-order valence-electron chi connectivity index (χ3n) is 4.10. The standard InChI is InChI=1S/C13H27N3O/c1-5-13(14,6-2)12(17)16-9-7-8-11(10-16)15(3)4/h11H,5-10,14H2,1-4H3. The molecule has 4 heteroatoms. The highest BCUT2D eigenvalue weighted by Gasteiger charge is 2.36. The molecule has 17 heavy (non-hydrogen) atoms. The van der Waals surface area contributed by atoms with Gasteiger partial charge < -0.3 is 15.5 Å². The number of likely N-dealkylation sites (tertiary alicyclic amines) is 1. The van der Waals surface area contributed by atoms with E-state index in [9.17, 15) is 4.79 Å². The van der Waals surface area contributed by atoms with E-state index in [1.165, 1.54) is 6.42 Å². The van der Waals surface area contributed by atoms with Gasteiger partial charge in [-0.05, 0) is 39.8 Å². The van der Waals surface area contributed by atoms with E-state index in [4.69, 9.17) is 5.73 Å². The van der Waals surface area contributed by atoms with Gasteiger partial charge in [-0.2, -0.15) is 0 Å². The van der Waals surface area contributed by atoms with E-state index in [0.717, 1.165) is 19.5 Å². The lowest BCUT2D eigenvalue weighted by atomic mass is 9.91. The Morgan fingerprint density at radius 3 is 2.47 bits per heavy atom. The summed E-state index contributed by atoms with van der Waals surface area (Å²) in [5.74, 6) is 0.133. The number of amides is 1. The van der Waals surface area contributed by atoms with Crippen LogP contribution in [0.15, 0.2) is 0 Å². The van der Waals surface area contributed by atoms with Gasteiger partial charge in [-0.1, -0.05) is 13.8 Å². The van der Waals surface area contributed by atoms with Gasteiger partial charge >= 0.3 is 0 Å². The second kappa shape index (κ2) is 5.83. The topological polar surface area (TPSA) is 49.6 Å². The van der Waals surface area contributed by atoms with E-state index in [0.29, 0.717) is 18.9 Å². The molecule has 1 unspecified atom stereocenters. The van der Waals surface area contributed by atoms with Gasteiger partial charge in [-0.25, -0.2) is 0 Å². The molecule has 1 fully saturated rings. The highest BCUT2D eigenvalue weighted by atomic mass is 16.2. The van der Waals surface area contributed by atoms with Crippen LogP contribution in [-0.4, -0.2) is 54.5 Å². The first kappa shape index (κ1) is 14.5. The molecule has 1 amide bonds. The van der Waals surface area contributed by atoms with Crippen molar-refractivity contribution in [2.45, 2.75) is 51.1 Å². The highest BCUT2D eigenvalue weighted by Crippen LogP contribution is 2.20. The molecule has 1 atom stereocenters. The number of nitrogens with zero attached hydrogens (tertiary/aromatic N) is 2. The van der Waals surface area contributed by atoms with Crippen molar-refractivity contribution in [3.63, 3.8) is 0 Å². The van der Waals surface area contributed by atoms with Crippen molar-refractivity contribution in [2.24, 2.45) is 5.73 Å². The molecule has 1 rings (SSSR count). The lowest BCUT2D eigenvalue weighted by molar-refractivity contribution is -0.139. The Hall–Kier alpha value is -0.610. The Morgan fingerprint density at radius 1 is 1.41 bits per heavy atom. The molecule has 1 saturated heterocycles. The van der Waals surface area contributed by atoms with Crippen LogP contribution in [0.25, 0.3) is 0 Å². The fraction of sp³-hybridized carbons (Fsp3) is 0.923. The summed E-state index contributed by atoms with van der Waals surface area (Å²) in [4.78, 5) is 16.6. The lowest BCUT2D eigenvalue weighted by Gasteiger charge is -2.40. The average molecular weight is 241 g/mol. The van der Waals surface area contributed by atoms with Crippen LogP contribution in [0.2, 0.25) is 0 Å². The third-order valence-corrected chi connectivity index (χ3v) is 4.10. The van der Waals surface area contributed by atoms with E-state index < -0.39 is 5.54 Å². The van der Waals surface area contributed by atoms with Gasteiger partial charge in [0.2, 0.25) is 5.91 Å². The molecule has 1 heterocycles. The number of nitrogens with two attached hydrogens (primary N) is 1. The van der Waals surface area contributed by atoms with Crippen molar-refractivity contribution < 1.29 is 4.79 Å². The predicted octanol–water partition coefficient (Wildman–Crippen LogP) is 1.06. The van der Waals surface area contributed by atoms with Crippen molar-refractivity contribution in [2.75, 3.05) is 27.2 Å². The van der Waals surface area contributed by atoms with Gasteiger partial charge in [-0.15, -0.1) is 0 Å². The van der Waals surface area contributed by atoms with Crippen LogP contribution in [0.3, 0.4) is 0 Å². The number of likely N-dealkylation sites (N-methyl/N-ethyl adjacent to an activating group) is 1. The molecule has 0 saturated carbocycles. The van der Waals surface area contributed by atoms with Crippen LogP contribution in [0.5, 0.6) is 0 Å². The minimum absolute atomic E-state index is 0.133. The van der Waals surface area contributed by atoms with Crippen molar-refractivity contribution in [1.29, 1.82) is 0 Å². The largest absolute Gasteiger partial charge is 0.340 e. The summed E-state index contributed by atoms with van der Waals surface area (Å²) >= 11 is 0. The SMILES string of the molecule is CCC(N)(CC)C(=O)N1CCCC(N(C)C)C1. The first-order chi connectivity index (χ1) is 7.94. The second-order valence-electron chi connectivity index (χ2n) is 5.37. The monoisotopic (exact) mass is 241 g/mol. The van der Waals surface area contributed by atoms with Crippen molar-refractivity contribution in [3.8, 4) is 0 Å². The van der Waals surface area contributed by atoms with E-state index >= 15 is 0 Å². The summed E-state index contributed by atoms with van der Waals surface area (Å²) in [6.07, 6.45) is 3.68. The molecule has 0 spiro atoms. The quantitative estimate of drug-likeness (QED) is 0.800. The van der Waals surface area contributed by atoms with Gasteiger partial charge in [0.15, 0.2) is 0 Å². The smallest absolute Gasteiger partial charge is 0.242 e. The fourth-order valence-corrected chi connectivity index (χ4v) is 2.43. The Balaban J connectivity index is 2.69. The van der Waals surface area contributed by atoms with Crippen LogP contribution in [0.4, 0.5) is 0 Å². The minimum atomic E-state index is -0.659. The van der Waals surface area contributed by atoms with Gasteiger partial charge in [0, 0.05) is 19.1 Å². The van der Waals surface area contributed by atoms with E-state index in [2.05, 4.69) is 19.0 Å². The number of piperidine rings is 1. The van der Waals surface area contributed by atoms with Crippen molar-refractivity contribution >= 4 is 5.91 Å². The van der Waals surface area contributed by atoms with Gasteiger partial charge in [0.25, 0.3) is 0 Å². The fourth-order valence-electron chi connectivity index (χ4n) is 2.43. The van der Waals surface area contributed by atoms with Crippen LogP contribution in [0, 0.1) is 0 Å². The summed E-state index contributed by atoms with van der Waals surface area (Å²) in [6.45, 7) is 5.68. The zero-order valence-electron chi connectivity index (χ0n) is 11.7. The minimum Gasteiger partial charge on any atom is -0.340 e. The van der Waals surface area contributed by atoms with Gasteiger partial charge in [0.05, 0.1) is 5.54 Å². The Bertz CT molecular complexity index is 261. The number of rotatable bonds is 4. The molecule has 0 radical (unpaired) electrons. The van der Waals surface area contributed by atoms with Crippen LogP contribution in [0.1, 0.15) is 39.5 Å². The summed E-state index contributed by atoms with van der Waals surface area (Å²) in [5, 5.41) is 0.